The molecule has 1 aromatic carbocycles. The number of fused-ring (bicyclic) bond motifs is 1. The summed E-state index contributed by atoms with van der Waals surface area (Å²) in [6.45, 7) is 2.06. The number of rotatable bonds is 4. The summed E-state index contributed by atoms with van der Waals surface area (Å²) in [4.78, 5) is 0. The zero-order valence-corrected chi connectivity index (χ0v) is 12.6. The van der Waals surface area contributed by atoms with E-state index in [0.29, 0.717) is 6.42 Å². The van der Waals surface area contributed by atoms with E-state index in [4.69, 9.17) is 0 Å². The molecule has 0 aliphatic heterocycles. The number of aliphatic hydroxyl groups is 1. The smallest absolute Gasteiger partial charge is 0.101 e. The molecular weight excluding hydrogens is 264 g/mol. The van der Waals surface area contributed by atoms with Gasteiger partial charge in [-0.1, -0.05) is 25.1 Å². The summed E-state index contributed by atoms with van der Waals surface area (Å²) in [7, 11) is 3.80. The van der Waals surface area contributed by atoms with Gasteiger partial charge in [0.25, 0.3) is 0 Å². The summed E-state index contributed by atoms with van der Waals surface area (Å²) < 4.78 is 3.62. The second kappa shape index (κ2) is 5.33. The highest BCUT2D eigenvalue weighted by molar-refractivity contribution is 5.81. The van der Waals surface area contributed by atoms with Crippen molar-refractivity contribution in [1.82, 2.24) is 19.6 Å². The van der Waals surface area contributed by atoms with Crippen LogP contribution in [0.5, 0.6) is 0 Å². The highest BCUT2D eigenvalue weighted by atomic mass is 16.3. The largest absolute Gasteiger partial charge is 0.386 e. The first kappa shape index (κ1) is 13.8. The summed E-state index contributed by atoms with van der Waals surface area (Å²) in [5.41, 5.74) is 3.83. The SMILES string of the molecule is CCc1cc(C(O)Cc2nn(C)c3ccccc23)n(C)n1. The molecule has 0 bridgehead atoms. The van der Waals surface area contributed by atoms with Crippen LogP contribution in [0.15, 0.2) is 30.3 Å². The van der Waals surface area contributed by atoms with Crippen LogP contribution in [-0.2, 0) is 26.9 Å². The maximum Gasteiger partial charge on any atom is 0.101 e. The molecular formula is C16H20N4O. The summed E-state index contributed by atoms with van der Waals surface area (Å²) in [5, 5.41) is 20.5. The van der Waals surface area contributed by atoms with Crippen LogP contribution < -0.4 is 0 Å². The van der Waals surface area contributed by atoms with Gasteiger partial charge in [-0.2, -0.15) is 10.2 Å². The lowest BCUT2D eigenvalue weighted by Crippen LogP contribution is -2.08. The van der Waals surface area contributed by atoms with Crippen LogP contribution in [0.1, 0.15) is 30.1 Å². The molecule has 3 aromatic rings. The third-order valence-corrected chi connectivity index (χ3v) is 3.89. The molecule has 110 valence electrons. The number of aliphatic hydroxyl groups excluding tert-OH is 1. The van der Waals surface area contributed by atoms with E-state index in [1.165, 1.54) is 0 Å². The highest BCUT2D eigenvalue weighted by Crippen LogP contribution is 2.24. The molecule has 0 spiro atoms. The first-order chi connectivity index (χ1) is 10.1. The van der Waals surface area contributed by atoms with Crippen LogP contribution >= 0.6 is 0 Å². The lowest BCUT2D eigenvalue weighted by molar-refractivity contribution is 0.167. The normalized spacial score (nSPS) is 13.0. The van der Waals surface area contributed by atoms with Crippen LogP contribution in [0.25, 0.3) is 10.9 Å². The maximum absolute atomic E-state index is 10.5. The molecule has 0 saturated heterocycles. The average molecular weight is 284 g/mol. The van der Waals surface area contributed by atoms with Gasteiger partial charge in [0.05, 0.1) is 22.6 Å². The Kier molecular flexibility index (Phi) is 3.51. The van der Waals surface area contributed by atoms with Crippen molar-refractivity contribution in [2.45, 2.75) is 25.9 Å². The number of hydrogen-bond acceptors (Lipinski definition) is 3. The van der Waals surface area contributed by atoms with E-state index in [1.807, 2.05) is 49.1 Å². The molecule has 3 rings (SSSR count). The van der Waals surface area contributed by atoms with Crippen molar-refractivity contribution in [3.63, 3.8) is 0 Å². The number of benzene rings is 1. The van der Waals surface area contributed by atoms with Gasteiger partial charge >= 0.3 is 0 Å². The van der Waals surface area contributed by atoms with Gasteiger partial charge in [-0.3, -0.25) is 9.36 Å². The summed E-state index contributed by atoms with van der Waals surface area (Å²) in [6, 6.07) is 10.1. The van der Waals surface area contributed by atoms with Crippen molar-refractivity contribution in [2.24, 2.45) is 14.1 Å². The standard InChI is InChI=1S/C16H20N4O/c1-4-11-9-15(20(3)17-11)16(21)10-13-12-7-5-6-8-14(12)19(2)18-13/h5-9,16,21H,4,10H2,1-3H3. The molecule has 2 heterocycles. The van der Waals surface area contributed by atoms with Crippen LogP contribution in [0.3, 0.4) is 0 Å². The van der Waals surface area contributed by atoms with Gasteiger partial charge in [0.1, 0.15) is 6.10 Å². The van der Waals surface area contributed by atoms with Crippen molar-refractivity contribution in [3.8, 4) is 0 Å². The van der Waals surface area contributed by atoms with Crippen LogP contribution in [0, 0.1) is 0 Å². The molecule has 0 fully saturated rings. The van der Waals surface area contributed by atoms with E-state index < -0.39 is 6.10 Å². The number of aryl methyl sites for hydroxylation is 3. The summed E-state index contributed by atoms with van der Waals surface area (Å²) in [6.07, 6.45) is 0.762. The van der Waals surface area contributed by atoms with Crippen molar-refractivity contribution >= 4 is 10.9 Å². The lowest BCUT2D eigenvalue weighted by Gasteiger charge is -2.09. The molecule has 2 aromatic heterocycles. The van der Waals surface area contributed by atoms with Crippen molar-refractivity contribution in [1.29, 1.82) is 0 Å². The molecule has 1 N–H and O–H groups in total. The lowest BCUT2D eigenvalue weighted by atomic mass is 10.1. The molecule has 0 saturated carbocycles. The van der Waals surface area contributed by atoms with E-state index in [1.54, 1.807) is 4.68 Å². The fourth-order valence-corrected chi connectivity index (χ4v) is 2.76. The fourth-order valence-electron chi connectivity index (χ4n) is 2.76. The second-order valence-corrected chi connectivity index (χ2v) is 5.35. The van der Waals surface area contributed by atoms with Gasteiger partial charge in [0, 0.05) is 25.9 Å². The maximum atomic E-state index is 10.5. The van der Waals surface area contributed by atoms with Gasteiger partial charge in [0.15, 0.2) is 0 Å². The Balaban J connectivity index is 1.92. The van der Waals surface area contributed by atoms with Gasteiger partial charge < -0.3 is 5.11 Å². The molecule has 0 radical (unpaired) electrons. The van der Waals surface area contributed by atoms with Gasteiger partial charge in [0.2, 0.25) is 0 Å². The van der Waals surface area contributed by atoms with E-state index in [2.05, 4.69) is 17.1 Å². The Hall–Kier alpha value is -2.14. The van der Waals surface area contributed by atoms with E-state index in [9.17, 15) is 5.11 Å². The predicted molar refractivity (Wildman–Crippen MR) is 82.0 cm³/mol. The highest BCUT2D eigenvalue weighted by Gasteiger charge is 2.18. The van der Waals surface area contributed by atoms with Crippen LogP contribution in [-0.4, -0.2) is 24.7 Å². The Morgan fingerprint density at radius 2 is 1.90 bits per heavy atom. The first-order valence-electron chi connectivity index (χ1n) is 7.21. The van der Waals surface area contributed by atoms with E-state index >= 15 is 0 Å². The van der Waals surface area contributed by atoms with Crippen molar-refractivity contribution < 1.29 is 5.11 Å². The zero-order chi connectivity index (χ0) is 15.0. The third kappa shape index (κ3) is 2.45. The van der Waals surface area contributed by atoms with E-state index in [0.717, 1.165) is 34.4 Å². The van der Waals surface area contributed by atoms with Crippen LogP contribution in [0.4, 0.5) is 0 Å². The molecule has 0 aliphatic carbocycles. The minimum atomic E-state index is -0.596. The second-order valence-electron chi connectivity index (χ2n) is 5.35. The minimum absolute atomic E-state index is 0.490. The number of nitrogens with zero attached hydrogens (tertiary/aromatic N) is 4. The van der Waals surface area contributed by atoms with E-state index in [-0.39, 0.29) is 0 Å². The summed E-state index contributed by atoms with van der Waals surface area (Å²) >= 11 is 0. The zero-order valence-electron chi connectivity index (χ0n) is 12.6. The number of para-hydroxylation sites is 1. The molecule has 5 nitrogen and oxygen atoms in total. The Labute approximate surface area is 123 Å². The average Bonchev–Trinajstić information content (AvgIpc) is 3.01. The molecule has 0 amide bonds. The number of aromatic nitrogens is 4. The molecule has 5 heteroatoms. The van der Waals surface area contributed by atoms with Gasteiger partial charge in [-0.05, 0) is 18.6 Å². The predicted octanol–water partition coefficient (Wildman–Crippen LogP) is 2.15. The third-order valence-electron chi connectivity index (χ3n) is 3.89. The molecule has 0 aliphatic rings. The molecule has 1 unspecified atom stereocenters. The van der Waals surface area contributed by atoms with Gasteiger partial charge in [-0.25, -0.2) is 0 Å². The fraction of sp³-hybridized carbons (Fsp3) is 0.375. The van der Waals surface area contributed by atoms with Crippen LogP contribution in [0.2, 0.25) is 0 Å². The molecule has 21 heavy (non-hydrogen) atoms. The number of hydrogen-bond donors (Lipinski definition) is 1. The minimum Gasteiger partial charge on any atom is -0.386 e. The van der Waals surface area contributed by atoms with Crippen molar-refractivity contribution in [3.05, 3.63) is 47.4 Å². The summed E-state index contributed by atoms with van der Waals surface area (Å²) in [5.74, 6) is 0. The topological polar surface area (TPSA) is 55.9 Å². The van der Waals surface area contributed by atoms with Gasteiger partial charge in [-0.15, -0.1) is 0 Å². The Morgan fingerprint density at radius 3 is 2.62 bits per heavy atom. The molecule has 1 atom stereocenters. The Bertz CT molecular complexity index is 772. The monoisotopic (exact) mass is 284 g/mol. The van der Waals surface area contributed by atoms with Crippen molar-refractivity contribution in [2.75, 3.05) is 0 Å². The first-order valence-corrected chi connectivity index (χ1v) is 7.21. The quantitative estimate of drug-likeness (QED) is 0.798. The Morgan fingerprint density at radius 1 is 1.14 bits per heavy atom.